The number of anilines is 2. The smallest absolute Gasteiger partial charge is 0.144 e. The van der Waals surface area contributed by atoms with Crippen molar-refractivity contribution in [2.75, 3.05) is 17.7 Å². The Morgan fingerprint density at radius 1 is 1.26 bits per heavy atom. The van der Waals surface area contributed by atoms with Crippen molar-refractivity contribution >= 4 is 22.7 Å². The van der Waals surface area contributed by atoms with E-state index < -0.39 is 0 Å². The summed E-state index contributed by atoms with van der Waals surface area (Å²) in [6, 6.07) is 10.1. The minimum absolute atomic E-state index is 0.125. The summed E-state index contributed by atoms with van der Waals surface area (Å²) in [5.74, 6) is 0.755. The molecular weight excluding hydrogens is 256 g/mol. The molecule has 0 bridgehead atoms. The molecule has 0 atom stereocenters. The van der Waals surface area contributed by atoms with Gasteiger partial charge in [0.1, 0.15) is 5.75 Å². The molecule has 3 nitrogen and oxygen atoms in total. The topological polar surface area (TPSA) is 38.5 Å². The molecule has 0 radical (unpaired) electrons. The highest BCUT2D eigenvalue weighted by Gasteiger charge is 2.11. The van der Waals surface area contributed by atoms with Gasteiger partial charge >= 0.3 is 0 Å². The molecule has 2 N–H and O–H groups in total. The first kappa shape index (κ1) is 13.7. The Morgan fingerprint density at radius 3 is 2.68 bits per heavy atom. The monoisotopic (exact) mass is 276 g/mol. The molecule has 2 rings (SSSR count). The molecule has 0 aliphatic rings. The molecule has 1 aromatic heterocycles. The van der Waals surface area contributed by atoms with Crippen LogP contribution in [0, 0.1) is 0 Å². The molecule has 0 saturated heterocycles. The van der Waals surface area contributed by atoms with Gasteiger partial charge in [0.05, 0.1) is 24.0 Å². The molecule has 1 aromatic carbocycles. The van der Waals surface area contributed by atoms with E-state index in [9.17, 15) is 0 Å². The highest BCUT2D eigenvalue weighted by Crippen LogP contribution is 2.33. The standard InChI is InChI=1S/C15H20N2OS/c1-11(2)18-14-8-4-7-13(15(14)16)17(3)10-12-6-5-9-19-12/h4-9,11H,10,16H2,1-3H3. The Kier molecular flexibility index (Phi) is 4.32. The van der Waals surface area contributed by atoms with Crippen LogP contribution in [0.3, 0.4) is 0 Å². The largest absolute Gasteiger partial charge is 0.489 e. The van der Waals surface area contributed by atoms with Crippen molar-refractivity contribution < 1.29 is 4.74 Å². The normalized spacial score (nSPS) is 10.7. The number of ether oxygens (including phenoxy) is 1. The molecule has 0 unspecified atom stereocenters. The lowest BCUT2D eigenvalue weighted by molar-refractivity contribution is 0.244. The van der Waals surface area contributed by atoms with Gasteiger partial charge in [-0.3, -0.25) is 0 Å². The first-order valence-electron chi connectivity index (χ1n) is 6.36. The lowest BCUT2D eigenvalue weighted by Crippen LogP contribution is -2.18. The van der Waals surface area contributed by atoms with Crippen LogP contribution in [0.25, 0.3) is 0 Å². The van der Waals surface area contributed by atoms with Gasteiger partial charge in [0.15, 0.2) is 0 Å². The van der Waals surface area contributed by atoms with Crippen LogP contribution in [-0.4, -0.2) is 13.2 Å². The SMILES string of the molecule is CC(C)Oc1cccc(N(C)Cc2cccs2)c1N. The number of nitrogen functional groups attached to an aromatic ring is 1. The third-order valence-corrected chi connectivity index (χ3v) is 3.65. The number of hydrogen-bond donors (Lipinski definition) is 1. The Morgan fingerprint density at radius 2 is 2.05 bits per heavy atom. The fourth-order valence-electron chi connectivity index (χ4n) is 1.94. The molecule has 1 heterocycles. The van der Waals surface area contributed by atoms with Crippen molar-refractivity contribution in [3.8, 4) is 5.75 Å². The van der Waals surface area contributed by atoms with Crippen LogP contribution in [0.1, 0.15) is 18.7 Å². The van der Waals surface area contributed by atoms with E-state index in [1.54, 1.807) is 11.3 Å². The van der Waals surface area contributed by atoms with Crippen LogP contribution in [0.15, 0.2) is 35.7 Å². The molecule has 0 aliphatic heterocycles. The molecule has 2 aromatic rings. The van der Waals surface area contributed by atoms with E-state index in [2.05, 4.69) is 22.4 Å². The van der Waals surface area contributed by atoms with Crippen LogP contribution in [0.4, 0.5) is 11.4 Å². The lowest BCUT2D eigenvalue weighted by Gasteiger charge is -2.22. The van der Waals surface area contributed by atoms with E-state index in [0.29, 0.717) is 5.69 Å². The summed E-state index contributed by atoms with van der Waals surface area (Å²) in [5, 5.41) is 2.09. The Balaban J connectivity index is 2.19. The third-order valence-electron chi connectivity index (χ3n) is 2.79. The second-order valence-corrected chi connectivity index (χ2v) is 5.82. The minimum atomic E-state index is 0.125. The van der Waals surface area contributed by atoms with E-state index in [0.717, 1.165) is 18.0 Å². The van der Waals surface area contributed by atoms with E-state index in [1.165, 1.54) is 4.88 Å². The van der Waals surface area contributed by atoms with Gasteiger partial charge in [0.2, 0.25) is 0 Å². The van der Waals surface area contributed by atoms with Gasteiger partial charge < -0.3 is 15.4 Å². The van der Waals surface area contributed by atoms with Gasteiger partial charge in [-0.15, -0.1) is 11.3 Å². The molecule has 4 heteroatoms. The average molecular weight is 276 g/mol. The summed E-state index contributed by atoms with van der Waals surface area (Å²) in [5.41, 5.74) is 7.91. The average Bonchev–Trinajstić information content (AvgIpc) is 2.84. The number of nitrogens with two attached hydrogens (primary N) is 1. The highest BCUT2D eigenvalue weighted by atomic mass is 32.1. The van der Waals surface area contributed by atoms with E-state index >= 15 is 0 Å². The van der Waals surface area contributed by atoms with Gasteiger partial charge in [-0.05, 0) is 37.4 Å². The van der Waals surface area contributed by atoms with Gasteiger partial charge in [0, 0.05) is 11.9 Å². The quantitative estimate of drug-likeness (QED) is 0.845. The van der Waals surface area contributed by atoms with Crippen LogP contribution in [0.2, 0.25) is 0 Å². The van der Waals surface area contributed by atoms with Gasteiger partial charge in [-0.2, -0.15) is 0 Å². The van der Waals surface area contributed by atoms with Crippen LogP contribution in [0.5, 0.6) is 5.75 Å². The molecule has 102 valence electrons. The summed E-state index contributed by atoms with van der Waals surface area (Å²) in [6.07, 6.45) is 0.125. The van der Waals surface area contributed by atoms with Gasteiger partial charge in [0.25, 0.3) is 0 Å². The number of nitrogens with zero attached hydrogens (tertiary/aromatic N) is 1. The van der Waals surface area contributed by atoms with Gasteiger partial charge in [-0.1, -0.05) is 12.1 Å². The van der Waals surface area contributed by atoms with Gasteiger partial charge in [-0.25, -0.2) is 0 Å². The van der Waals surface area contributed by atoms with E-state index in [-0.39, 0.29) is 6.10 Å². The number of rotatable bonds is 5. The lowest BCUT2D eigenvalue weighted by atomic mass is 10.2. The van der Waals surface area contributed by atoms with Crippen molar-refractivity contribution in [1.82, 2.24) is 0 Å². The fraction of sp³-hybridized carbons (Fsp3) is 0.333. The number of para-hydroxylation sites is 1. The fourth-order valence-corrected chi connectivity index (χ4v) is 2.70. The zero-order chi connectivity index (χ0) is 13.8. The Labute approximate surface area is 118 Å². The first-order valence-corrected chi connectivity index (χ1v) is 7.24. The molecule has 0 aliphatic carbocycles. The molecule has 0 spiro atoms. The summed E-state index contributed by atoms with van der Waals surface area (Å²) in [6.45, 7) is 4.86. The van der Waals surface area contributed by atoms with E-state index in [1.807, 2.05) is 39.1 Å². The van der Waals surface area contributed by atoms with Crippen molar-refractivity contribution in [2.24, 2.45) is 0 Å². The maximum Gasteiger partial charge on any atom is 0.144 e. The third kappa shape index (κ3) is 3.41. The molecular formula is C15H20N2OS. The second kappa shape index (κ2) is 5.97. The maximum atomic E-state index is 6.20. The summed E-state index contributed by atoms with van der Waals surface area (Å²) in [4.78, 5) is 3.46. The zero-order valence-electron chi connectivity index (χ0n) is 11.6. The number of hydrogen-bond acceptors (Lipinski definition) is 4. The predicted octanol–water partition coefficient (Wildman–Crippen LogP) is 3.75. The van der Waals surface area contributed by atoms with E-state index in [4.69, 9.17) is 10.5 Å². The first-order chi connectivity index (χ1) is 9.08. The van der Waals surface area contributed by atoms with Crippen molar-refractivity contribution in [2.45, 2.75) is 26.5 Å². The van der Waals surface area contributed by atoms with Crippen LogP contribution in [-0.2, 0) is 6.54 Å². The summed E-state index contributed by atoms with van der Waals surface area (Å²) >= 11 is 1.75. The summed E-state index contributed by atoms with van der Waals surface area (Å²) < 4.78 is 5.72. The molecule has 0 saturated carbocycles. The number of benzene rings is 1. The second-order valence-electron chi connectivity index (χ2n) is 4.79. The summed E-state index contributed by atoms with van der Waals surface area (Å²) in [7, 11) is 2.05. The van der Waals surface area contributed by atoms with Crippen LogP contribution >= 0.6 is 11.3 Å². The molecule has 19 heavy (non-hydrogen) atoms. The Bertz CT molecular complexity index is 523. The predicted molar refractivity (Wildman–Crippen MR) is 83.0 cm³/mol. The minimum Gasteiger partial charge on any atom is -0.489 e. The number of thiophene rings is 1. The van der Waals surface area contributed by atoms with Crippen LogP contribution < -0.4 is 15.4 Å². The van der Waals surface area contributed by atoms with Crippen molar-refractivity contribution in [3.05, 3.63) is 40.6 Å². The van der Waals surface area contributed by atoms with Crippen molar-refractivity contribution in [1.29, 1.82) is 0 Å². The van der Waals surface area contributed by atoms with Crippen molar-refractivity contribution in [3.63, 3.8) is 0 Å². The zero-order valence-corrected chi connectivity index (χ0v) is 12.4. The maximum absolute atomic E-state index is 6.20. The Hall–Kier alpha value is -1.68. The molecule has 0 amide bonds. The molecule has 0 fully saturated rings. The highest BCUT2D eigenvalue weighted by molar-refractivity contribution is 7.09.